The Balaban J connectivity index is 1.62. The highest BCUT2D eigenvalue weighted by atomic mass is 32.2. The quantitative estimate of drug-likeness (QED) is 0.338. The first-order valence-corrected chi connectivity index (χ1v) is 13.0. The zero-order valence-corrected chi connectivity index (χ0v) is 21.6. The Morgan fingerprint density at radius 1 is 1.14 bits per heavy atom. The molecule has 4 aromatic rings. The monoisotopic (exact) mass is 503 g/mol. The lowest BCUT2D eigenvalue weighted by Crippen LogP contribution is -2.29. The molecule has 11 heteroatoms. The summed E-state index contributed by atoms with van der Waals surface area (Å²) in [7, 11) is 0. The first kappa shape index (κ1) is 24.3. The van der Waals surface area contributed by atoms with E-state index in [9.17, 15) is 4.79 Å². The number of aromatic nitrogens is 7. The van der Waals surface area contributed by atoms with Gasteiger partial charge in [-0.15, -0.1) is 0 Å². The molecule has 1 saturated carbocycles. The molecule has 0 radical (unpaired) electrons. The molecular formula is C25H29N9OS. The minimum absolute atomic E-state index is 0.0827. The van der Waals surface area contributed by atoms with E-state index in [0.29, 0.717) is 35.1 Å². The normalized spacial score (nSPS) is 14.2. The van der Waals surface area contributed by atoms with E-state index in [1.54, 1.807) is 17.1 Å². The molecule has 0 unspecified atom stereocenters. The summed E-state index contributed by atoms with van der Waals surface area (Å²) in [5.41, 5.74) is 5.04. The van der Waals surface area contributed by atoms with Gasteiger partial charge >= 0.3 is 0 Å². The van der Waals surface area contributed by atoms with E-state index in [1.807, 2.05) is 39.8 Å². The number of nitrogens with one attached hydrogen (secondary N) is 1. The smallest absolute Gasteiger partial charge is 0.295 e. The molecule has 0 spiro atoms. The molecule has 0 saturated heterocycles. The maximum Gasteiger partial charge on any atom is 0.295 e. The van der Waals surface area contributed by atoms with Crippen molar-refractivity contribution in [3.8, 4) is 11.4 Å². The van der Waals surface area contributed by atoms with Crippen molar-refractivity contribution in [2.75, 3.05) is 5.32 Å². The van der Waals surface area contributed by atoms with Gasteiger partial charge in [0.2, 0.25) is 0 Å². The van der Waals surface area contributed by atoms with E-state index < -0.39 is 0 Å². The van der Waals surface area contributed by atoms with Crippen LogP contribution in [0.15, 0.2) is 34.3 Å². The van der Waals surface area contributed by atoms with Crippen molar-refractivity contribution >= 4 is 28.9 Å². The lowest BCUT2D eigenvalue weighted by molar-refractivity contribution is 0.526. The number of pyridine rings is 1. The van der Waals surface area contributed by atoms with Gasteiger partial charge in [-0.1, -0.05) is 6.92 Å². The molecular weight excluding hydrogens is 474 g/mol. The second-order valence-electron chi connectivity index (χ2n) is 9.15. The molecule has 1 aliphatic carbocycles. The van der Waals surface area contributed by atoms with Crippen LogP contribution in [0.5, 0.6) is 0 Å². The van der Waals surface area contributed by atoms with Crippen LogP contribution in [0, 0.1) is 13.8 Å². The summed E-state index contributed by atoms with van der Waals surface area (Å²) in [4.78, 5) is 42.2. The van der Waals surface area contributed by atoms with E-state index in [1.165, 1.54) is 0 Å². The van der Waals surface area contributed by atoms with Crippen LogP contribution in [-0.2, 0) is 6.54 Å². The molecule has 4 aromatic heterocycles. The van der Waals surface area contributed by atoms with Crippen LogP contribution in [0.25, 0.3) is 22.6 Å². The maximum atomic E-state index is 13.6. The molecule has 0 aliphatic heterocycles. The van der Waals surface area contributed by atoms with Crippen molar-refractivity contribution in [2.24, 2.45) is 5.14 Å². The minimum Gasteiger partial charge on any atom is -0.360 e. The fourth-order valence-electron chi connectivity index (χ4n) is 4.23. The lowest BCUT2D eigenvalue weighted by atomic mass is 10.1. The van der Waals surface area contributed by atoms with Crippen molar-refractivity contribution < 1.29 is 0 Å². The predicted molar refractivity (Wildman–Crippen MR) is 141 cm³/mol. The van der Waals surface area contributed by atoms with Crippen LogP contribution in [0.1, 0.15) is 67.8 Å². The van der Waals surface area contributed by atoms with Gasteiger partial charge in [0.25, 0.3) is 5.56 Å². The zero-order chi connectivity index (χ0) is 25.4. The first-order valence-electron chi connectivity index (χ1n) is 12.1. The van der Waals surface area contributed by atoms with E-state index in [0.717, 1.165) is 58.8 Å². The Hall–Kier alpha value is -3.44. The zero-order valence-electron chi connectivity index (χ0n) is 20.8. The van der Waals surface area contributed by atoms with Crippen molar-refractivity contribution in [1.29, 1.82) is 0 Å². The molecule has 186 valence electrons. The van der Waals surface area contributed by atoms with Crippen molar-refractivity contribution in [2.45, 2.75) is 70.4 Å². The number of rotatable bonds is 8. The molecule has 36 heavy (non-hydrogen) atoms. The first-order chi connectivity index (χ1) is 17.4. The molecule has 1 atom stereocenters. The van der Waals surface area contributed by atoms with Crippen LogP contribution in [-0.4, -0.2) is 34.5 Å². The fraction of sp³-hybridized carbons (Fsp3) is 0.400. The Morgan fingerprint density at radius 2 is 1.94 bits per heavy atom. The average molecular weight is 504 g/mol. The molecule has 0 bridgehead atoms. The summed E-state index contributed by atoms with van der Waals surface area (Å²) in [5, 5.41) is 8.75. The summed E-state index contributed by atoms with van der Waals surface area (Å²) in [6.07, 6.45) is 6.28. The topological polar surface area (TPSA) is 137 Å². The molecule has 0 aromatic carbocycles. The second-order valence-corrected chi connectivity index (χ2v) is 9.86. The third kappa shape index (κ3) is 4.56. The highest BCUT2D eigenvalue weighted by Crippen LogP contribution is 2.43. The summed E-state index contributed by atoms with van der Waals surface area (Å²) < 4.78 is 1.72. The summed E-state index contributed by atoms with van der Waals surface area (Å²) in [5.74, 6) is 1.20. The number of hydrogen-bond acceptors (Lipinski definition) is 10. The molecule has 1 aliphatic rings. The highest BCUT2D eigenvalue weighted by molar-refractivity contribution is 7.97. The van der Waals surface area contributed by atoms with Crippen LogP contribution < -0.4 is 16.0 Å². The summed E-state index contributed by atoms with van der Waals surface area (Å²) >= 11 is 1.14. The molecule has 5 rings (SSSR count). The number of hydrogen-bond donors (Lipinski definition) is 2. The Morgan fingerprint density at radius 3 is 2.61 bits per heavy atom. The summed E-state index contributed by atoms with van der Waals surface area (Å²) in [6.45, 7) is 8.26. The standard InChI is InChI=1S/C25H29N9OS/c1-5-13(2)34-24-20(32-23(25(34)35)28-10-17-8-9-18(36-26)11-27-17)15(4)31-22(33-24)19-14(3)29-12-30-21(19)16-6-7-16/h8-9,11-13,16H,5-7,10,26H2,1-4H3,(H,28,32)/t13-/m0/s1. The molecule has 1 fully saturated rings. The van der Waals surface area contributed by atoms with E-state index in [4.69, 9.17) is 15.1 Å². The van der Waals surface area contributed by atoms with Crippen molar-refractivity contribution in [3.63, 3.8) is 0 Å². The number of anilines is 1. The van der Waals surface area contributed by atoms with Crippen LogP contribution in [0.4, 0.5) is 5.82 Å². The van der Waals surface area contributed by atoms with Gasteiger partial charge in [-0.2, -0.15) is 0 Å². The lowest BCUT2D eigenvalue weighted by Gasteiger charge is -2.19. The van der Waals surface area contributed by atoms with Crippen LogP contribution in [0.3, 0.4) is 0 Å². The Kier molecular flexibility index (Phi) is 6.67. The van der Waals surface area contributed by atoms with E-state index >= 15 is 0 Å². The number of aryl methyl sites for hydroxylation is 2. The van der Waals surface area contributed by atoms with Gasteiger partial charge in [0, 0.05) is 23.1 Å². The van der Waals surface area contributed by atoms with Crippen molar-refractivity contribution in [1.82, 2.24) is 34.5 Å². The van der Waals surface area contributed by atoms with Crippen LogP contribution >= 0.6 is 11.9 Å². The average Bonchev–Trinajstić information content (AvgIpc) is 3.73. The van der Waals surface area contributed by atoms with Gasteiger partial charge in [-0.3, -0.25) is 19.5 Å². The SMILES string of the molecule is CC[C@H](C)n1c(=O)c(NCc2ccc(SN)cn2)nc2c(C)nc(-c3c(C)ncnc3C3CC3)nc21. The second kappa shape index (κ2) is 9.90. The predicted octanol–water partition coefficient (Wildman–Crippen LogP) is 4.08. The summed E-state index contributed by atoms with van der Waals surface area (Å²) in [6, 6.07) is 3.68. The molecule has 3 N–H and O–H groups in total. The van der Waals surface area contributed by atoms with Crippen LogP contribution in [0.2, 0.25) is 0 Å². The minimum atomic E-state index is -0.224. The third-order valence-electron chi connectivity index (χ3n) is 6.57. The third-order valence-corrected chi connectivity index (χ3v) is 7.08. The van der Waals surface area contributed by atoms with Gasteiger partial charge in [0.05, 0.1) is 34.9 Å². The Bertz CT molecular complexity index is 1480. The van der Waals surface area contributed by atoms with E-state index in [2.05, 4.69) is 25.3 Å². The van der Waals surface area contributed by atoms with E-state index in [-0.39, 0.29) is 17.4 Å². The largest absolute Gasteiger partial charge is 0.360 e. The number of nitrogens with two attached hydrogens (primary N) is 1. The maximum absolute atomic E-state index is 13.6. The van der Waals surface area contributed by atoms with Gasteiger partial charge in [-0.25, -0.2) is 24.9 Å². The highest BCUT2D eigenvalue weighted by Gasteiger charge is 2.30. The van der Waals surface area contributed by atoms with Gasteiger partial charge < -0.3 is 5.32 Å². The van der Waals surface area contributed by atoms with Gasteiger partial charge in [-0.05, 0) is 64.1 Å². The molecule has 0 amide bonds. The number of fused-ring (bicyclic) bond motifs is 1. The number of nitrogens with zero attached hydrogens (tertiary/aromatic N) is 7. The van der Waals surface area contributed by atoms with Gasteiger partial charge in [0.15, 0.2) is 17.3 Å². The van der Waals surface area contributed by atoms with Gasteiger partial charge in [0.1, 0.15) is 11.8 Å². The molecule has 4 heterocycles. The molecule has 10 nitrogen and oxygen atoms in total. The fourth-order valence-corrected chi connectivity index (χ4v) is 4.49. The van der Waals surface area contributed by atoms with Crippen molar-refractivity contribution in [3.05, 3.63) is 57.8 Å². The Labute approximate surface area is 213 Å².